The van der Waals surface area contributed by atoms with Gasteiger partial charge in [0.2, 0.25) is 5.75 Å². The molecule has 0 radical (unpaired) electrons. The molecule has 0 aliphatic carbocycles. The minimum absolute atomic E-state index is 0.0562. The highest BCUT2D eigenvalue weighted by molar-refractivity contribution is 6.19. The molecule has 17 heavy (non-hydrogen) atoms. The molecule has 94 valence electrons. The summed E-state index contributed by atoms with van der Waals surface area (Å²) in [4.78, 5) is 11.7. The average molecular weight is 259 g/mol. The second-order valence-electron chi connectivity index (χ2n) is 3.28. The number of methoxy groups -OCH3 is 3. The standard InChI is InChI=1S/C12H15ClO4/c1-15-10-6-8(9(14)4-5-13)7-11(16-2)12(10)17-3/h6-7H,4-5H2,1-3H3. The summed E-state index contributed by atoms with van der Waals surface area (Å²) in [5, 5.41) is 0. The normalized spacial score (nSPS) is 9.88. The molecule has 4 nitrogen and oxygen atoms in total. The first kappa shape index (κ1) is 13.6. The molecule has 0 amide bonds. The molecule has 0 saturated heterocycles. The summed E-state index contributed by atoms with van der Waals surface area (Å²) >= 11 is 5.54. The van der Waals surface area contributed by atoms with Crippen molar-refractivity contribution in [2.75, 3.05) is 27.2 Å². The predicted molar refractivity (Wildman–Crippen MR) is 65.8 cm³/mol. The van der Waals surface area contributed by atoms with Crippen molar-refractivity contribution in [3.05, 3.63) is 17.7 Å². The van der Waals surface area contributed by atoms with Crippen LogP contribution in [0.1, 0.15) is 16.8 Å². The third-order valence-corrected chi connectivity index (χ3v) is 2.50. The lowest BCUT2D eigenvalue weighted by Gasteiger charge is -2.13. The minimum atomic E-state index is -0.0562. The first-order chi connectivity index (χ1) is 8.17. The van der Waals surface area contributed by atoms with E-state index in [4.69, 9.17) is 25.8 Å². The van der Waals surface area contributed by atoms with Gasteiger partial charge in [0.05, 0.1) is 21.3 Å². The van der Waals surface area contributed by atoms with Crippen LogP contribution in [-0.2, 0) is 0 Å². The van der Waals surface area contributed by atoms with Gasteiger partial charge in [-0.3, -0.25) is 4.79 Å². The molecular weight excluding hydrogens is 244 g/mol. The lowest BCUT2D eigenvalue weighted by molar-refractivity contribution is 0.0988. The SMILES string of the molecule is COc1cc(C(=O)CCCl)cc(OC)c1OC. The summed E-state index contributed by atoms with van der Waals surface area (Å²) in [7, 11) is 4.53. The molecule has 0 heterocycles. The van der Waals surface area contributed by atoms with Crippen molar-refractivity contribution >= 4 is 17.4 Å². The van der Waals surface area contributed by atoms with Crippen LogP contribution in [-0.4, -0.2) is 33.0 Å². The van der Waals surface area contributed by atoms with Gasteiger partial charge >= 0.3 is 0 Å². The number of hydrogen-bond acceptors (Lipinski definition) is 4. The Labute approximate surface area is 105 Å². The first-order valence-corrected chi connectivity index (χ1v) is 5.60. The summed E-state index contributed by atoms with van der Waals surface area (Å²) in [5.74, 6) is 1.63. The number of carbonyl (C=O) groups excluding carboxylic acids is 1. The van der Waals surface area contributed by atoms with Crippen molar-refractivity contribution in [2.24, 2.45) is 0 Å². The van der Waals surface area contributed by atoms with E-state index in [-0.39, 0.29) is 18.1 Å². The molecule has 0 unspecified atom stereocenters. The summed E-state index contributed by atoms with van der Waals surface area (Å²) in [6.07, 6.45) is 0.278. The molecule has 0 bridgehead atoms. The van der Waals surface area contributed by atoms with Crippen molar-refractivity contribution < 1.29 is 19.0 Å². The van der Waals surface area contributed by atoms with E-state index in [1.165, 1.54) is 21.3 Å². The van der Waals surface area contributed by atoms with Crippen molar-refractivity contribution in [1.29, 1.82) is 0 Å². The Morgan fingerprint density at radius 2 is 1.65 bits per heavy atom. The van der Waals surface area contributed by atoms with Gasteiger partial charge in [0, 0.05) is 17.9 Å². The number of benzene rings is 1. The fourth-order valence-electron chi connectivity index (χ4n) is 1.47. The molecule has 0 fully saturated rings. The average Bonchev–Trinajstić information content (AvgIpc) is 2.37. The van der Waals surface area contributed by atoms with Crippen LogP contribution in [0.5, 0.6) is 17.2 Å². The van der Waals surface area contributed by atoms with Gasteiger partial charge in [-0.15, -0.1) is 11.6 Å². The van der Waals surface area contributed by atoms with Crippen molar-refractivity contribution in [2.45, 2.75) is 6.42 Å². The lowest BCUT2D eigenvalue weighted by Crippen LogP contribution is -2.03. The van der Waals surface area contributed by atoms with Gasteiger partial charge in [-0.1, -0.05) is 0 Å². The van der Waals surface area contributed by atoms with Crippen LogP contribution in [0.4, 0.5) is 0 Å². The fraction of sp³-hybridized carbons (Fsp3) is 0.417. The molecule has 0 aromatic heterocycles. The van der Waals surface area contributed by atoms with Crippen molar-refractivity contribution in [3.8, 4) is 17.2 Å². The van der Waals surface area contributed by atoms with E-state index in [0.29, 0.717) is 22.8 Å². The highest BCUT2D eigenvalue weighted by atomic mass is 35.5. The third-order valence-electron chi connectivity index (χ3n) is 2.31. The van der Waals surface area contributed by atoms with Crippen LogP contribution in [0.25, 0.3) is 0 Å². The number of carbonyl (C=O) groups is 1. The predicted octanol–water partition coefficient (Wildman–Crippen LogP) is 2.52. The number of ether oxygens (including phenoxy) is 3. The highest BCUT2D eigenvalue weighted by Crippen LogP contribution is 2.38. The zero-order chi connectivity index (χ0) is 12.8. The molecule has 1 aromatic carbocycles. The van der Waals surface area contributed by atoms with Gasteiger partial charge in [-0.25, -0.2) is 0 Å². The second-order valence-corrected chi connectivity index (χ2v) is 3.65. The zero-order valence-corrected chi connectivity index (χ0v) is 10.8. The number of halogens is 1. The highest BCUT2D eigenvalue weighted by Gasteiger charge is 2.16. The molecular formula is C12H15ClO4. The number of Topliss-reactive ketones (excluding diaryl/α,β-unsaturated/α-hetero) is 1. The number of rotatable bonds is 6. The Balaban J connectivity index is 3.22. The number of hydrogen-bond donors (Lipinski definition) is 0. The first-order valence-electron chi connectivity index (χ1n) is 5.07. The van der Waals surface area contributed by atoms with E-state index in [0.717, 1.165) is 0 Å². The maximum absolute atomic E-state index is 11.7. The molecule has 0 saturated carbocycles. The number of alkyl halides is 1. The van der Waals surface area contributed by atoms with Crippen LogP contribution in [0.15, 0.2) is 12.1 Å². The Kier molecular flexibility index (Phi) is 5.10. The van der Waals surface area contributed by atoms with E-state index in [2.05, 4.69) is 0 Å². The molecule has 0 aliphatic heterocycles. The topological polar surface area (TPSA) is 44.8 Å². The maximum atomic E-state index is 11.7. The largest absolute Gasteiger partial charge is 0.493 e. The van der Waals surface area contributed by atoms with E-state index >= 15 is 0 Å². The Morgan fingerprint density at radius 1 is 1.12 bits per heavy atom. The quantitative estimate of drug-likeness (QED) is 0.581. The Bertz CT molecular complexity index is 378. The fourth-order valence-corrected chi connectivity index (χ4v) is 1.64. The molecule has 0 N–H and O–H groups in total. The number of ketones is 1. The summed E-state index contributed by atoms with van der Waals surface area (Å²) in [5.41, 5.74) is 0.500. The van der Waals surface area contributed by atoms with Crippen molar-refractivity contribution in [1.82, 2.24) is 0 Å². The molecule has 0 aliphatic rings. The van der Waals surface area contributed by atoms with Gasteiger partial charge in [-0.2, -0.15) is 0 Å². The second kappa shape index (κ2) is 6.35. The summed E-state index contributed by atoms with van der Waals surface area (Å²) in [6.45, 7) is 0. The van der Waals surface area contributed by atoms with Crippen LogP contribution in [0.2, 0.25) is 0 Å². The minimum Gasteiger partial charge on any atom is -0.493 e. The summed E-state index contributed by atoms with van der Waals surface area (Å²) in [6, 6.07) is 3.24. The maximum Gasteiger partial charge on any atom is 0.203 e. The molecule has 5 heteroatoms. The smallest absolute Gasteiger partial charge is 0.203 e. The third kappa shape index (κ3) is 3.03. The van der Waals surface area contributed by atoms with Crippen molar-refractivity contribution in [3.63, 3.8) is 0 Å². The van der Waals surface area contributed by atoms with Gasteiger partial charge in [0.1, 0.15) is 0 Å². The van der Waals surface area contributed by atoms with Crippen LogP contribution >= 0.6 is 11.6 Å². The van der Waals surface area contributed by atoms with E-state index in [1.54, 1.807) is 12.1 Å². The van der Waals surface area contributed by atoms with E-state index in [9.17, 15) is 4.79 Å². The zero-order valence-electron chi connectivity index (χ0n) is 10.1. The van der Waals surface area contributed by atoms with Gasteiger partial charge in [-0.05, 0) is 12.1 Å². The van der Waals surface area contributed by atoms with Gasteiger partial charge in [0.25, 0.3) is 0 Å². The molecule has 1 aromatic rings. The molecule has 1 rings (SSSR count). The van der Waals surface area contributed by atoms with E-state index in [1.807, 2.05) is 0 Å². The molecule has 0 spiro atoms. The molecule has 0 atom stereocenters. The lowest BCUT2D eigenvalue weighted by atomic mass is 10.1. The van der Waals surface area contributed by atoms with Crippen LogP contribution < -0.4 is 14.2 Å². The van der Waals surface area contributed by atoms with Crippen LogP contribution in [0, 0.1) is 0 Å². The summed E-state index contributed by atoms with van der Waals surface area (Å²) < 4.78 is 15.5. The monoisotopic (exact) mass is 258 g/mol. The van der Waals surface area contributed by atoms with Gasteiger partial charge in [0.15, 0.2) is 17.3 Å². The Morgan fingerprint density at radius 3 is 2.00 bits per heavy atom. The van der Waals surface area contributed by atoms with E-state index < -0.39 is 0 Å². The van der Waals surface area contributed by atoms with Crippen LogP contribution in [0.3, 0.4) is 0 Å². The van der Waals surface area contributed by atoms with Gasteiger partial charge < -0.3 is 14.2 Å². The Hall–Kier alpha value is -1.42.